The van der Waals surface area contributed by atoms with Crippen LogP contribution in [0.15, 0.2) is 57.5 Å². The second kappa shape index (κ2) is 8.72. The summed E-state index contributed by atoms with van der Waals surface area (Å²) in [5.74, 6) is 0.595. The van der Waals surface area contributed by atoms with E-state index < -0.39 is 0 Å². The van der Waals surface area contributed by atoms with Gasteiger partial charge in [-0.25, -0.2) is 0 Å². The lowest BCUT2D eigenvalue weighted by Crippen LogP contribution is -2.25. The first kappa shape index (κ1) is 16.7. The van der Waals surface area contributed by atoms with E-state index in [9.17, 15) is 0 Å². The van der Waals surface area contributed by atoms with E-state index >= 15 is 0 Å². The van der Waals surface area contributed by atoms with E-state index in [1.807, 2.05) is 0 Å². The molecule has 0 aliphatic rings. The monoisotopic (exact) mass is 409 g/mol. The maximum Gasteiger partial charge on any atom is 0.0207 e. The predicted octanol–water partition coefficient (Wildman–Crippen LogP) is 5.22. The molecule has 0 aromatic heterocycles. The molecule has 2 aromatic carbocycles. The Morgan fingerprint density at radius 1 is 1.00 bits per heavy atom. The van der Waals surface area contributed by atoms with Gasteiger partial charge in [-0.3, -0.25) is 0 Å². The molecule has 2 aromatic rings. The number of halogens is 2. The van der Waals surface area contributed by atoms with Crippen LogP contribution in [-0.2, 0) is 12.8 Å². The fraction of sp³-hybridized carbons (Fsp3) is 0.333. The van der Waals surface area contributed by atoms with E-state index in [0.29, 0.717) is 5.92 Å². The molecule has 0 saturated heterocycles. The van der Waals surface area contributed by atoms with Crippen LogP contribution in [0.4, 0.5) is 0 Å². The minimum absolute atomic E-state index is 0.595. The standard InChI is InChI=1S/C18H21Br2N/c1-2-21-13-15(10-14-6-5-8-17(19)12-14)11-16-7-3-4-9-18(16)20/h3-9,12,15,21H,2,10-11,13H2,1H3. The van der Waals surface area contributed by atoms with Crippen molar-refractivity contribution in [1.29, 1.82) is 0 Å². The lowest BCUT2D eigenvalue weighted by Gasteiger charge is -2.18. The Morgan fingerprint density at radius 2 is 1.81 bits per heavy atom. The van der Waals surface area contributed by atoms with E-state index in [0.717, 1.165) is 30.4 Å². The molecule has 0 heterocycles. The Hall–Kier alpha value is -0.640. The molecule has 2 rings (SSSR count). The first-order valence-corrected chi connectivity index (χ1v) is 8.96. The second-order valence-corrected chi connectivity index (χ2v) is 7.07. The molecule has 0 saturated carbocycles. The lowest BCUT2D eigenvalue weighted by atomic mass is 9.92. The summed E-state index contributed by atoms with van der Waals surface area (Å²) in [5.41, 5.74) is 2.77. The lowest BCUT2D eigenvalue weighted by molar-refractivity contribution is 0.477. The Bertz CT molecular complexity index is 569. The van der Waals surface area contributed by atoms with Gasteiger partial charge in [0.15, 0.2) is 0 Å². The van der Waals surface area contributed by atoms with Gasteiger partial charge in [0.25, 0.3) is 0 Å². The highest BCUT2D eigenvalue weighted by Gasteiger charge is 2.12. The molecule has 0 amide bonds. The summed E-state index contributed by atoms with van der Waals surface area (Å²) in [7, 11) is 0. The van der Waals surface area contributed by atoms with Crippen molar-refractivity contribution in [2.45, 2.75) is 19.8 Å². The smallest absolute Gasteiger partial charge is 0.0207 e. The zero-order valence-corrected chi connectivity index (χ0v) is 15.5. The van der Waals surface area contributed by atoms with Crippen molar-refractivity contribution < 1.29 is 0 Å². The largest absolute Gasteiger partial charge is 0.317 e. The van der Waals surface area contributed by atoms with Gasteiger partial charge in [-0.15, -0.1) is 0 Å². The molecule has 0 radical (unpaired) electrons. The average Bonchev–Trinajstić information content (AvgIpc) is 2.47. The van der Waals surface area contributed by atoms with Crippen LogP contribution in [0.5, 0.6) is 0 Å². The molecule has 112 valence electrons. The maximum absolute atomic E-state index is 3.66. The fourth-order valence-corrected chi connectivity index (χ4v) is 3.43. The van der Waals surface area contributed by atoms with E-state index in [1.54, 1.807) is 0 Å². The molecule has 3 heteroatoms. The first-order valence-electron chi connectivity index (χ1n) is 7.37. The van der Waals surface area contributed by atoms with Crippen LogP contribution < -0.4 is 5.32 Å². The second-order valence-electron chi connectivity index (χ2n) is 5.30. The Labute approximate surface area is 144 Å². The molecule has 0 bridgehead atoms. The van der Waals surface area contributed by atoms with Gasteiger partial charge in [0, 0.05) is 8.95 Å². The van der Waals surface area contributed by atoms with Gasteiger partial charge in [0.05, 0.1) is 0 Å². The van der Waals surface area contributed by atoms with Crippen molar-refractivity contribution in [2.24, 2.45) is 5.92 Å². The highest BCUT2D eigenvalue weighted by molar-refractivity contribution is 9.10. The number of hydrogen-bond donors (Lipinski definition) is 1. The van der Waals surface area contributed by atoms with Crippen LogP contribution in [-0.4, -0.2) is 13.1 Å². The molecule has 1 nitrogen and oxygen atoms in total. The van der Waals surface area contributed by atoms with Gasteiger partial charge in [-0.1, -0.05) is 69.1 Å². The van der Waals surface area contributed by atoms with Crippen molar-refractivity contribution in [1.82, 2.24) is 5.32 Å². The Morgan fingerprint density at radius 3 is 2.52 bits per heavy atom. The van der Waals surface area contributed by atoms with Crippen LogP contribution in [0.3, 0.4) is 0 Å². The summed E-state index contributed by atoms with van der Waals surface area (Å²) in [6.07, 6.45) is 2.18. The van der Waals surface area contributed by atoms with E-state index in [2.05, 4.69) is 92.6 Å². The van der Waals surface area contributed by atoms with E-state index in [1.165, 1.54) is 15.6 Å². The van der Waals surface area contributed by atoms with Crippen LogP contribution in [0, 0.1) is 5.92 Å². The van der Waals surface area contributed by atoms with Gasteiger partial charge >= 0.3 is 0 Å². The normalized spacial score (nSPS) is 12.3. The third kappa shape index (κ3) is 5.57. The molecule has 0 aliphatic carbocycles. The minimum Gasteiger partial charge on any atom is -0.317 e. The number of rotatable bonds is 7. The quantitative estimate of drug-likeness (QED) is 0.659. The summed E-state index contributed by atoms with van der Waals surface area (Å²) in [4.78, 5) is 0. The van der Waals surface area contributed by atoms with Gasteiger partial charge < -0.3 is 5.32 Å². The van der Waals surface area contributed by atoms with Gasteiger partial charge in [-0.05, 0) is 61.2 Å². The molecular formula is C18H21Br2N. The van der Waals surface area contributed by atoms with Crippen LogP contribution in [0.25, 0.3) is 0 Å². The van der Waals surface area contributed by atoms with Crippen molar-refractivity contribution in [2.75, 3.05) is 13.1 Å². The van der Waals surface area contributed by atoms with Gasteiger partial charge in [-0.2, -0.15) is 0 Å². The highest BCUT2D eigenvalue weighted by atomic mass is 79.9. The topological polar surface area (TPSA) is 12.0 Å². The molecule has 1 atom stereocenters. The van der Waals surface area contributed by atoms with Gasteiger partial charge in [0.2, 0.25) is 0 Å². The average molecular weight is 411 g/mol. The number of benzene rings is 2. The summed E-state index contributed by atoms with van der Waals surface area (Å²) in [5, 5.41) is 3.50. The van der Waals surface area contributed by atoms with Crippen molar-refractivity contribution in [3.8, 4) is 0 Å². The highest BCUT2D eigenvalue weighted by Crippen LogP contribution is 2.22. The summed E-state index contributed by atoms with van der Waals surface area (Å²) in [6, 6.07) is 17.1. The molecule has 1 N–H and O–H groups in total. The van der Waals surface area contributed by atoms with Crippen LogP contribution >= 0.6 is 31.9 Å². The van der Waals surface area contributed by atoms with Crippen LogP contribution in [0.2, 0.25) is 0 Å². The minimum atomic E-state index is 0.595. The predicted molar refractivity (Wildman–Crippen MR) is 97.7 cm³/mol. The zero-order valence-electron chi connectivity index (χ0n) is 12.3. The van der Waals surface area contributed by atoms with Crippen molar-refractivity contribution in [3.05, 3.63) is 68.6 Å². The van der Waals surface area contributed by atoms with Crippen molar-refractivity contribution >= 4 is 31.9 Å². The maximum atomic E-state index is 3.66. The molecule has 0 aliphatic heterocycles. The zero-order chi connectivity index (χ0) is 15.1. The molecular weight excluding hydrogens is 390 g/mol. The molecule has 21 heavy (non-hydrogen) atoms. The fourth-order valence-electron chi connectivity index (χ4n) is 2.54. The van der Waals surface area contributed by atoms with Crippen molar-refractivity contribution in [3.63, 3.8) is 0 Å². The third-order valence-corrected chi connectivity index (χ3v) is 4.83. The summed E-state index contributed by atoms with van der Waals surface area (Å²) < 4.78 is 2.36. The first-order chi connectivity index (χ1) is 10.2. The summed E-state index contributed by atoms with van der Waals surface area (Å²) >= 11 is 7.22. The third-order valence-electron chi connectivity index (χ3n) is 3.56. The van der Waals surface area contributed by atoms with Gasteiger partial charge in [0.1, 0.15) is 0 Å². The molecule has 0 spiro atoms. The number of hydrogen-bond acceptors (Lipinski definition) is 1. The van der Waals surface area contributed by atoms with E-state index in [4.69, 9.17) is 0 Å². The Balaban J connectivity index is 2.09. The SMILES string of the molecule is CCNCC(Cc1cccc(Br)c1)Cc1ccccc1Br. The number of nitrogens with one attached hydrogen (secondary N) is 1. The van der Waals surface area contributed by atoms with Crippen LogP contribution in [0.1, 0.15) is 18.1 Å². The summed E-state index contributed by atoms with van der Waals surface area (Å²) in [6.45, 7) is 4.23. The Kier molecular flexibility index (Phi) is 6.94. The molecule has 1 unspecified atom stereocenters. The van der Waals surface area contributed by atoms with E-state index in [-0.39, 0.29) is 0 Å². The molecule has 0 fully saturated rings.